The molecule has 0 amide bonds. The maximum absolute atomic E-state index is 12.6. The highest BCUT2D eigenvalue weighted by atomic mass is 32.2. The van der Waals surface area contributed by atoms with Crippen molar-refractivity contribution in [1.82, 2.24) is 0 Å². The van der Waals surface area contributed by atoms with E-state index < -0.39 is 20.0 Å². The SMILES string of the molecule is COc1ccc(Oc2ccc(OS(=O)(=O)CCN(CCS(C)(=O)=O)c3ccccc3)cc2)cc1. The lowest BCUT2D eigenvalue weighted by Gasteiger charge is -2.24. The van der Waals surface area contributed by atoms with Gasteiger partial charge in [-0.15, -0.1) is 0 Å². The molecule has 34 heavy (non-hydrogen) atoms. The molecule has 0 aliphatic carbocycles. The Hall–Kier alpha value is -3.24. The van der Waals surface area contributed by atoms with Crippen LogP contribution in [0.5, 0.6) is 23.0 Å². The van der Waals surface area contributed by atoms with Gasteiger partial charge in [0.1, 0.15) is 38.6 Å². The highest BCUT2D eigenvalue weighted by Gasteiger charge is 2.18. The minimum atomic E-state index is -3.92. The molecular weight excluding hydrogens is 478 g/mol. The number of benzene rings is 3. The summed E-state index contributed by atoms with van der Waals surface area (Å²) in [6, 6.07) is 22.4. The number of para-hydroxylation sites is 1. The second-order valence-corrected chi connectivity index (χ2v) is 11.5. The Kier molecular flexibility index (Phi) is 8.41. The van der Waals surface area contributed by atoms with Gasteiger partial charge in [-0.1, -0.05) is 18.2 Å². The van der Waals surface area contributed by atoms with E-state index in [-0.39, 0.29) is 30.3 Å². The third-order valence-corrected chi connectivity index (χ3v) is 6.86. The first-order chi connectivity index (χ1) is 16.1. The second-order valence-electron chi connectivity index (χ2n) is 7.55. The average Bonchev–Trinajstić information content (AvgIpc) is 2.80. The summed E-state index contributed by atoms with van der Waals surface area (Å²) in [6.45, 7) is 0.260. The van der Waals surface area contributed by atoms with E-state index in [0.29, 0.717) is 17.2 Å². The molecule has 0 aliphatic heterocycles. The second kappa shape index (κ2) is 11.3. The number of anilines is 1. The predicted octanol–water partition coefficient (Wildman–Crippen LogP) is 3.75. The number of hydrogen-bond donors (Lipinski definition) is 0. The molecule has 3 aromatic rings. The number of nitrogens with zero attached hydrogens (tertiary/aromatic N) is 1. The minimum absolute atomic E-state index is 0.0839. The number of hydrogen-bond acceptors (Lipinski definition) is 8. The van der Waals surface area contributed by atoms with Gasteiger partial charge in [0, 0.05) is 25.0 Å². The molecule has 0 unspecified atom stereocenters. The van der Waals surface area contributed by atoms with Crippen molar-refractivity contribution in [2.45, 2.75) is 0 Å². The van der Waals surface area contributed by atoms with Gasteiger partial charge in [0.2, 0.25) is 0 Å². The van der Waals surface area contributed by atoms with Gasteiger partial charge in [-0.25, -0.2) is 8.42 Å². The Balaban J connectivity index is 1.60. The molecule has 0 spiro atoms. The molecule has 0 saturated heterocycles. The largest absolute Gasteiger partial charge is 0.497 e. The molecule has 0 N–H and O–H groups in total. The summed E-state index contributed by atoms with van der Waals surface area (Å²) < 4.78 is 64.4. The number of methoxy groups -OCH3 is 1. The van der Waals surface area contributed by atoms with Gasteiger partial charge in [-0.05, 0) is 60.7 Å². The molecule has 0 atom stereocenters. The number of sulfone groups is 1. The van der Waals surface area contributed by atoms with Crippen LogP contribution in [0, 0.1) is 0 Å². The van der Waals surface area contributed by atoms with Gasteiger partial charge in [-0.2, -0.15) is 8.42 Å². The molecule has 0 fully saturated rings. The van der Waals surface area contributed by atoms with Gasteiger partial charge in [0.05, 0.1) is 12.9 Å². The Morgan fingerprint density at radius 3 is 1.71 bits per heavy atom. The van der Waals surface area contributed by atoms with Crippen LogP contribution >= 0.6 is 0 Å². The van der Waals surface area contributed by atoms with E-state index in [1.165, 1.54) is 12.1 Å². The Bertz CT molecular complexity index is 1260. The monoisotopic (exact) mass is 505 g/mol. The molecule has 3 rings (SSSR count). The van der Waals surface area contributed by atoms with Crippen molar-refractivity contribution in [3.8, 4) is 23.0 Å². The predicted molar refractivity (Wildman–Crippen MR) is 132 cm³/mol. The first-order valence-corrected chi connectivity index (χ1v) is 14.1. The maximum atomic E-state index is 12.6. The summed E-state index contributed by atoms with van der Waals surface area (Å²) in [6.07, 6.45) is 1.15. The van der Waals surface area contributed by atoms with Crippen molar-refractivity contribution >= 4 is 25.6 Å². The average molecular weight is 506 g/mol. The molecule has 3 aromatic carbocycles. The van der Waals surface area contributed by atoms with E-state index in [2.05, 4.69) is 0 Å². The molecule has 10 heteroatoms. The first-order valence-electron chi connectivity index (χ1n) is 10.5. The van der Waals surface area contributed by atoms with Crippen LogP contribution in [0.15, 0.2) is 78.9 Å². The topological polar surface area (TPSA) is 99.2 Å². The molecule has 0 radical (unpaired) electrons. The van der Waals surface area contributed by atoms with E-state index in [1.807, 2.05) is 18.2 Å². The standard InChI is InChI=1S/C24H27NO7S2/c1-30-21-8-10-22(11-9-21)31-23-12-14-24(15-13-23)32-34(28,29)19-17-25(16-18-33(2,26)27)20-6-4-3-5-7-20/h3-15H,16-19H2,1-2H3. The molecule has 0 heterocycles. The van der Waals surface area contributed by atoms with Crippen LogP contribution in [0.1, 0.15) is 0 Å². The van der Waals surface area contributed by atoms with Crippen molar-refractivity contribution in [1.29, 1.82) is 0 Å². The van der Waals surface area contributed by atoms with E-state index in [0.717, 1.165) is 11.9 Å². The maximum Gasteiger partial charge on any atom is 0.310 e. The van der Waals surface area contributed by atoms with Gasteiger partial charge in [0.15, 0.2) is 0 Å². The molecule has 0 aromatic heterocycles. The molecule has 0 saturated carbocycles. The van der Waals surface area contributed by atoms with Crippen LogP contribution in [0.3, 0.4) is 0 Å². The number of ether oxygens (including phenoxy) is 2. The molecule has 0 bridgehead atoms. The fourth-order valence-corrected chi connectivity index (χ4v) is 4.52. The van der Waals surface area contributed by atoms with Crippen molar-refractivity contribution in [3.05, 3.63) is 78.9 Å². The zero-order valence-corrected chi connectivity index (χ0v) is 20.6. The van der Waals surface area contributed by atoms with E-state index in [9.17, 15) is 16.8 Å². The lowest BCUT2D eigenvalue weighted by Crippen LogP contribution is -2.34. The van der Waals surface area contributed by atoms with E-state index in [1.54, 1.807) is 60.5 Å². The van der Waals surface area contributed by atoms with Gasteiger partial charge >= 0.3 is 10.1 Å². The van der Waals surface area contributed by atoms with Crippen LogP contribution in [0.25, 0.3) is 0 Å². The fraction of sp³-hybridized carbons (Fsp3) is 0.250. The summed E-state index contributed by atoms with van der Waals surface area (Å²) >= 11 is 0. The van der Waals surface area contributed by atoms with Gasteiger partial charge in [0.25, 0.3) is 0 Å². The summed E-state index contributed by atoms with van der Waals surface area (Å²) in [4.78, 5) is 1.72. The zero-order chi connectivity index (χ0) is 24.6. The van der Waals surface area contributed by atoms with Crippen LogP contribution in [0.4, 0.5) is 5.69 Å². The zero-order valence-electron chi connectivity index (χ0n) is 19.0. The van der Waals surface area contributed by atoms with Crippen molar-refractivity contribution in [3.63, 3.8) is 0 Å². The smallest absolute Gasteiger partial charge is 0.310 e. The summed E-state index contributed by atoms with van der Waals surface area (Å²) in [5.41, 5.74) is 0.737. The summed E-state index contributed by atoms with van der Waals surface area (Å²) in [7, 11) is -5.54. The Labute approximate surface area is 200 Å². The van der Waals surface area contributed by atoms with Crippen molar-refractivity contribution in [2.24, 2.45) is 0 Å². The third-order valence-electron chi connectivity index (χ3n) is 4.81. The fourth-order valence-electron chi connectivity index (χ4n) is 3.04. The quantitative estimate of drug-likeness (QED) is 0.343. The minimum Gasteiger partial charge on any atom is -0.497 e. The highest BCUT2D eigenvalue weighted by molar-refractivity contribution is 7.90. The van der Waals surface area contributed by atoms with E-state index in [4.69, 9.17) is 13.7 Å². The molecule has 0 aliphatic rings. The van der Waals surface area contributed by atoms with Crippen LogP contribution in [-0.2, 0) is 20.0 Å². The van der Waals surface area contributed by atoms with Crippen molar-refractivity contribution < 1.29 is 30.5 Å². The third kappa shape index (κ3) is 8.27. The molecule has 182 valence electrons. The van der Waals surface area contributed by atoms with Crippen LogP contribution in [-0.4, -0.2) is 54.8 Å². The van der Waals surface area contributed by atoms with Gasteiger partial charge < -0.3 is 18.6 Å². The highest BCUT2D eigenvalue weighted by Crippen LogP contribution is 2.26. The summed E-state index contributed by atoms with van der Waals surface area (Å²) in [5, 5.41) is 0. The molecular formula is C24H27NO7S2. The normalized spacial score (nSPS) is 11.6. The Morgan fingerprint density at radius 1 is 0.676 bits per heavy atom. The lowest BCUT2D eigenvalue weighted by molar-refractivity contribution is 0.413. The van der Waals surface area contributed by atoms with Crippen molar-refractivity contribution in [2.75, 3.05) is 42.9 Å². The van der Waals surface area contributed by atoms with Crippen LogP contribution < -0.4 is 18.6 Å². The summed E-state index contributed by atoms with van der Waals surface area (Å²) in [5.74, 6) is 1.60. The Morgan fingerprint density at radius 2 is 1.18 bits per heavy atom. The molecule has 8 nitrogen and oxygen atoms in total. The van der Waals surface area contributed by atoms with Crippen LogP contribution in [0.2, 0.25) is 0 Å². The number of rotatable bonds is 12. The first kappa shape index (κ1) is 25.4. The lowest BCUT2D eigenvalue weighted by atomic mass is 10.3. The van der Waals surface area contributed by atoms with E-state index >= 15 is 0 Å². The van der Waals surface area contributed by atoms with Gasteiger partial charge in [-0.3, -0.25) is 0 Å².